The van der Waals surface area contributed by atoms with Crippen LogP contribution in [0.15, 0.2) is 30.3 Å². The minimum Gasteiger partial charge on any atom is -0.0736 e. The summed E-state index contributed by atoms with van der Waals surface area (Å²) in [4.78, 5) is 0. The van der Waals surface area contributed by atoms with Gasteiger partial charge in [-0.2, -0.15) is 0 Å². The molecule has 0 saturated heterocycles. The van der Waals surface area contributed by atoms with Crippen LogP contribution in [0.25, 0.3) is 0 Å². The quantitative estimate of drug-likeness (QED) is 0.117. The Morgan fingerprint density at radius 1 is 0.500 bits per heavy atom. The van der Waals surface area contributed by atoms with Crippen LogP contribution in [0.4, 0.5) is 0 Å². The normalized spacial score (nSPS) is 12.2. The van der Waals surface area contributed by atoms with Gasteiger partial charge in [0.1, 0.15) is 6.71 Å². The molecule has 0 heterocycles. The Morgan fingerprint density at radius 3 is 1.38 bits per heavy atom. The van der Waals surface area contributed by atoms with Gasteiger partial charge < -0.3 is 0 Å². The van der Waals surface area contributed by atoms with Crippen LogP contribution in [-0.2, 0) is 0 Å². The highest BCUT2D eigenvalue weighted by Gasteiger charge is 2.25. The fourth-order valence-electron chi connectivity index (χ4n) is 5.44. The zero-order valence-corrected chi connectivity index (χ0v) is 22.4. The third-order valence-corrected chi connectivity index (χ3v) is 7.52. The lowest BCUT2D eigenvalue weighted by Gasteiger charge is -2.26. The molecule has 0 aliphatic heterocycles. The van der Waals surface area contributed by atoms with E-state index in [0.29, 0.717) is 0 Å². The Labute approximate surface area is 203 Å². The van der Waals surface area contributed by atoms with Gasteiger partial charge >= 0.3 is 0 Å². The standard InChI is InChI=1S/C31H57B/c1-4-7-10-13-16-22-27-31(30-25-20-19-21-26-30)32(28-23-17-14-11-8-5-2)29-24-18-15-12-9-6-3/h19-21,25-26,31H,4-18,22-24,27-29H2,1-3H3. The van der Waals surface area contributed by atoms with Gasteiger partial charge in [0.05, 0.1) is 0 Å². The molecule has 0 aromatic heterocycles. The molecular weight excluding hydrogens is 383 g/mol. The van der Waals surface area contributed by atoms with Crippen molar-refractivity contribution in [2.45, 2.75) is 161 Å². The predicted octanol–water partition coefficient (Wildman–Crippen LogP) is 11.3. The first-order chi connectivity index (χ1) is 15.8. The molecule has 184 valence electrons. The van der Waals surface area contributed by atoms with Gasteiger partial charge in [-0.3, -0.25) is 0 Å². The summed E-state index contributed by atoms with van der Waals surface area (Å²) in [6.07, 6.45) is 30.0. The Hall–Kier alpha value is -0.715. The van der Waals surface area contributed by atoms with Crippen LogP contribution in [-0.4, -0.2) is 6.71 Å². The second kappa shape index (κ2) is 22.1. The summed E-state index contributed by atoms with van der Waals surface area (Å²) in [7, 11) is 0. The maximum atomic E-state index is 2.43. The van der Waals surface area contributed by atoms with E-state index in [4.69, 9.17) is 0 Å². The Bertz CT molecular complexity index is 466. The first-order valence-corrected chi connectivity index (χ1v) is 14.9. The van der Waals surface area contributed by atoms with E-state index in [1.807, 2.05) is 0 Å². The molecule has 0 N–H and O–H groups in total. The van der Waals surface area contributed by atoms with Gasteiger partial charge in [-0.25, -0.2) is 0 Å². The highest BCUT2D eigenvalue weighted by atomic mass is 14.1. The molecule has 0 amide bonds. The van der Waals surface area contributed by atoms with E-state index >= 15 is 0 Å². The van der Waals surface area contributed by atoms with Gasteiger partial charge in [-0.05, 0) is 5.82 Å². The molecule has 0 fully saturated rings. The molecule has 1 aromatic rings. The van der Waals surface area contributed by atoms with Crippen LogP contribution in [0.3, 0.4) is 0 Å². The van der Waals surface area contributed by atoms with E-state index < -0.39 is 0 Å². The van der Waals surface area contributed by atoms with Gasteiger partial charge in [-0.1, -0.05) is 191 Å². The van der Waals surface area contributed by atoms with Gasteiger partial charge in [0, 0.05) is 0 Å². The molecule has 1 atom stereocenters. The van der Waals surface area contributed by atoms with Crippen molar-refractivity contribution in [2.75, 3.05) is 0 Å². The monoisotopic (exact) mass is 440 g/mol. The molecular formula is C31H57B. The van der Waals surface area contributed by atoms with Crippen LogP contribution in [0, 0.1) is 0 Å². The summed E-state index contributed by atoms with van der Waals surface area (Å²) in [5, 5.41) is 0. The van der Waals surface area contributed by atoms with E-state index in [9.17, 15) is 0 Å². The number of unbranched alkanes of at least 4 members (excludes halogenated alkanes) is 15. The number of rotatable bonds is 23. The average molecular weight is 441 g/mol. The van der Waals surface area contributed by atoms with Crippen LogP contribution in [0.5, 0.6) is 0 Å². The summed E-state index contributed by atoms with van der Waals surface area (Å²) < 4.78 is 0. The summed E-state index contributed by atoms with van der Waals surface area (Å²) >= 11 is 0. The van der Waals surface area contributed by atoms with E-state index in [2.05, 4.69) is 51.1 Å². The Kier molecular flexibility index (Phi) is 20.2. The summed E-state index contributed by atoms with van der Waals surface area (Å²) in [6.45, 7) is 7.86. The largest absolute Gasteiger partial charge is 0.148 e. The molecule has 0 spiro atoms. The molecule has 0 radical (unpaired) electrons. The highest BCUT2D eigenvalue weighted by molar-refractivity contribution is 6.60. The number of hydrogen-bond donors (Lipinski definition) is 0. The predicted molar refractivity (Wildman–Crippen MR) is 149 cm³/mol. The van der Waals surface area contributed by atoms with Crippen molar-refractivity contribution in [1.82, 2.24) is 0 Å². The maximum absolute atomic E-state index is 2.43. The zero-order valence-electron chi connectivity index (χ0n) is 22.4. The minimum absolute atomic E-state index is 0.786. The Morgan fingerprint density at radius 2 is 0.906 bits per heavy atom. The fraction of sp³-hybridized carbons (Fsp3) is 0.806. The van der Waals surface area contributed by atoms with Crippen molar-refractivity contribution in [3.05, 3.63) is 35.9 Å². The third-order valence-electron chi connectivity index (χ3n) is 7.52. The van der Waals surface area contributed by atoms with E-state index in [0.717, 1.165) is 12.5 Å². The smallest absolute Gasteiger partial charge is 0.0736 e. The van der Waals surface area contributed by atoms with Crippen molar-refractivity contribution in [1.29, 1.82) is 0 Å². The van der Waals surface area contributed by atoms with Gasteiger partial charge in [0.15, 0.2) is 0 Å². The van der Waals surface area contributed by atoms with Crippen molar-refractivity contribution < 1.29 is 0 Å². The first-order valence-electron chi connectivity index (χ1n) is 14.9. The number of benzene rings is 1. The summed E-state index contributed by atoms with van der Waals surface area (Å²) in [5.41, 5.74) is 1.63. The Balaban J connectivity index is 2.64. The zero-order chi connectivity index (χ0) is 23.1. The second-order valence-electron chi connectivity index (χ2n) is 10.4. The molecule has 0 aliphatic rings. The lowest BCUT2D eigenvalue weighted by Crippen LogP contribution is -2.24. The molecule has 1 unspecified atom stereocenters. The van der Waals surface area contributed by atoms with Crippen LogP contribution < -0.4 is 0 Å². The lowest BCUT2D eigenvalue weighted by molar-refractivity contribution is 0.576. The third kappa shape index (κ3) is 15.2. The SMILES string of the molecule is CCCCCCCCB(CCCCCCCC)C(CCCCCCCC)c1ccccc1. The van der Waals surface area contributed by atoms with Crippen LogP contribution in [0.1, 0.15) is 154 Å². The van der Waals surface area contributed by atoms with Crippen molar-refractivity contribution in [3.63, 3.8) is 0 Å². The summed E-state index contributed by atoms with van der Waals surface area (Å²) in [6, 6.07) is 11.6. The molecule has 1 heteroatoms. The van der Waals surface area contributed by atoms with Gasteiger partial charge in [0.2, 0.25) is 0 Å². The summed E-state index contributed by atoms with van der Waals surface area (Å²) in [5.74, 6) is 0.786. The highest BCUT2D eigenvalue weighted by Crippen LogP contribution is 2.32. The van der Waals surface area contributed by atoms with Gasteiger partial charge in [-0.15, -0.1) is 0 Å². The second-order valence-corrected chi connectivity index (χ2v) is 10.4. The topological polar surface area (TPSA) is 0 Å². The number of hydrogen-bond acceptors (Lipinski definition) is 0. The molecule has 0 nitrogen and oxygen atoms in total. The van der Waals surface area contributed by atoms with Crippen LogP contribution in [0.2, 0.25) is 12.6 Å². The molecule has 0 aliphatic carbocycles. The van der Waals surface area contributed by atoms with Crippen LogP contribution >= 0.6 is 0 Å². The minimum atomic E-state index is 0.786. The van der Waals surface area contributed by atoms with Crippen molar-refractivity contribution in [3.8, 4) is 0 Å². The fourth-order valence-corrected chi connectivity index (χ4v) is 5.44. The van der Waals surface area contributed by atoms with Crippen molar-refractivity contribution >= 4 is 6.71 Å². The molecule has 0 saturated carbocycles. The molecule has 1 aromatic carbocycles. The van der Waals surface area contributed by atoms with Gasteiger partial charge in [0.25, 0.3) is 0 Å². The molecule has 0 bridgehead atoms. The van der Waals surface area contributed by atoms with E-state index in [1.54, 1.807) is 5.56 Å². The first kappa shape index (κ1) is 29.3. The maximum Gasteiger partial charge on any atom is 0.148 e. The van der Waals surface area contributed by atoms with E-state index in [1.165, 1.54) is 135 Å². The van der Waals surface area contributed by atoms with E-state index in [-0.39, 0.29) is 0 Å². The van der Waals surface area contributed by atoms with Crippen molar-refractivity contribution in [2.24, 2.45) is 0 Å². The lowest BCUT2D eigenvalue weighted by atomic mass is 9.34. The molecule has 1 rings (SSSR count). The molecule has 32 heavy (non-hydrogen) atoms. The average Bonchev–Trinajstić information content (AvgIpc) is 2.82.